The zero-order chi connectivity index (χ0) is 18.3. The van der Waals surface area contributed by atoms with Crippen LogP contribution in [0.3, 0.4) is 0 Å². The molecule has 1 unspecified atom stereocenters. The van der Waals surface area contributed by atoms with Gasteiger partial charge < -0.3 is 0 Å². The van der Waals surface area contributed by atoms with Gasteiger partial charge in [-0.05, 0) is 24.3 Å². The van der Waals surface area contributed by atoms with Crippen LogP contribution in [-0.2, 0) is 9.59 Å². The number of rotatable bonds is 4. The van der Waals surface area contributed by atoms with E-state index in [-0.39, 0.29) is 12.1 Å². The predicted octanol–water partition coefficient (Wildman–Crippen LogP) is 2.82. The van der Waals surface area contributed by atoms with Gasteiger partial charge in [-0.1, -0.05) is 23.5 Å². The molecule has 0 spiro atoms. The van der Waals surface area contributed by atoms with Crippen molar-refractivity contribution in [3.05, 3.63) is 54.1 Å². The molecule has 3 aromatic rings. The second-order valence-corrected chi connectivity index (χ2v) is 6.71. The molecule has 0 saturated carbocycles. The molecule has 0 bridgehead atoms. The number of nitrogens with zero attached hydrogens (tertiary/aromatic N) is 2. The number of carbonyl (C=O) groups is 2. The minimum atomic E-state index is -1.12. The van der Waals surface area contributed by atoms with Crippen molar-refractivity contribution in [3.63, 3.8) is 0 Å². The Kier molecular flexibility index (Phi) is 4.09. The summed E-state index contributed by atoms with van der Waals surface area (Å²) < 4.78 is 27.4. The van der Waals surface area contributed by atoms with Crippen molar-refractivity contribution in [1.29, 1.82) is 0 Å². The molecule has 0 radical (unpaired) electrons. The lowest BCUT2D eigenvalue weighted by Crippen LogP contribution is -2.41. The molecule has 1 fully saturated rings. The van der Waals surface area contributed by atoms with Crippen molar-refractivity contribution in [2.75, 3.05) is 10.3 Å². The molecule has 2 aromatic carbocycles. The maximum Gasteiger partial charge on any atom is 0.253 e. The Morgan fingerprint density at radius 3 is 2.69 bits per heavy atom. The molecule has 4 rings (SSSR count). The molecule has 1 aliphatic heterocycles. The van der Waals surface area contributed by atoms with Gasteiger partial charge in [-0.3, -0.25) is 15.0 Å². The molecule has 1 saturated heterocycles. The van der Waals surface area contributed by atoms with Gasteiger partial charge in [0.2, 0.25) is 5.91 Å². The summed E-state index contributed by atoms with van der Waals surface area (Å²) in [6.07, 6.45) is -0.101. The number of anilines is 2. The minimum absolute atomic E-state index is 0.00295. The highest BCUT2D eigenvalue weighted by Crippen LogP contribution is 2.27. The molecule has 1 aliphatic rings. The second kappa shape index (κ2) is 6.43. The Balaban J connectivity index is 1.49. The van der Waals surface area contributed by atoms with E-state index in [9.17, 15) is 18.4 Å². The fraction of sp³-hybridized carbons (Fsp3) is 0.118. The number of hydrogen-bond acceptors (Lipinski definition) is 6. The van der Waals surface area contributed by atoms with Gasteiger partial charge in [0, 0.05) is 6.07 Å². The predicted molar refractivity (Wildman–Crippen MR) is 93.6 cm³/mol. The average Bonchev–Trinajstić information content (AvgIpc) is 3.16. The number of imide groups is 1. The van der Waals surface area contributed by atoms with Gasteiger partial charge in [-0.2, -0.15) is 0 Å². The number of halogens is 2. The fourth-order valence-electron chi connectivity index (χ4n) is 2.71. The third-order valence-corrected chi connectivity index (χ3v) is 4.91. The van der Waals surface area contributed by atoms with Gasteiger partial charge in [-0.15, -0.1) is 0 Å². The Morgan fingerprint density at radius 1 is 1.12 bits per heavy atom. The van der Waals surface area contributed by atoms with Crippen molar-refractivity contribution in [2.24, 2.45) is 0 Å². The van der Waals surface area contributed by atoms with Crippen molar-refractivity contribution in [2.45, 2.75) is 12.5 Å². The first kappa shape index (κ1) is 16.6. The fourth-order valence-corrected chi connectivity index (χ4v) is 3.54. The second-order valence-electron chi connectivity index (χ2n) is 5.68. The Labute approximate surface area is 150 Å². The Morgan fingerprint density at radius 2 is 1.92 bits per heavy atom. The Bertz CT molecular complexity index is 990. The smallest absolute Gasteiger partial charge is 0.253 e. The number of hydrazine groups is 1. The summed E-state index contributed by atoms with van der Waals surface area (Å²) in [5.41, 5.74) is 6.45. The molecule has 2 amide bonds. The van der Waals surface area contributed by atoms with Crippen LogP contribution in [0.4, 0.5) is 19.6 Å². The largest absolute Gasteiger partial charge is 0.296 e. The number of fused-ring (bicyclic) bond motifs is 1. The van der Waals surface area contributed by atoms with E-state index in [4.69, 9.17) is 0 Å². The number of thiazole rings is 1. The first-order valence-electron chi connectivity index (χ1n) is 7.72. The standard InChI is InChI=1S/C17H12F2N4O2S/c18-10-6-5-9(7-11(10)19)23-15(24)8-13(16(23)25)21-22-17-20-12-3-1-2-4-14(12)26-17/h1-7,13,21H,8H2,(H,20,22). The molecule has 6 nitrogen and oxygen atoms in total. The summed E-state index contributed by atoms with van der Waals surface area (Å²) >= 11 is 1.40. The highest BCUT2D eigenvalue weighted by atomic mass is 32.1. The molecule has 2 N–H and O–H groups in total. The Hall–Kier alpha value is -2.91. The molecule has 1 atom stereocenters. The third-order valence-electron chi connectivity index (χ3n) is 3.96. The van der Waals surface area contributed by atoms with Crippen molar-refractivity contribution >= 4 is 44.2 Å². The van der Waals surface area contributed by atoms with Crippen LogP contribution in [0.15, 0.2) is 42.5 Å². The minimum Gasteiger partial charge on any atom is -0.296 e. The number of carbonyl (C=O) groups excluding carboxylic acids is 2. The summed E-state index contributed by atoms with van der Waals surface area (Å²) in [7, 11) is 0. The van der Waals surface area contributed by atoms with E-state index in [0.29, 0.717) is 5.13 Å². The lowest BCUT2D eigenvalue weighted by molar-refractivity contribution is -0.121. The van der Waals surface area contributed by atoms with Gasteiger partial charge in [0.15, 0.2) is 16.8 Å². The summed E-state index contributed by atoms with van der Waals surface area (Å²) in [5.74, 6) is -3.20. The summed E-state index contributed by atoms with van der Waals surface area (Å²) in [4.78, 5) is 29.8. The van der Waals surface area contributed by atoms with Gasteiger partial charge in [-0.25, -0.2) is 24.1 Å². The zero-order valence-electron chi connectivity index (χ0n) is 13.2. The highest BCUT2D eigenvalue weighted by Gasteiger charge is 2.39. The lowest BCUT2D eigenvalue weighted by Gasteiger charge is -2.15. The third kappa shape index (κ3) is 2.91. The van der Waals surface area contributed by atoms with E-state index in [1.54, 1.807) is 0 Å². The molecule has 0 aliphatic carbocycles. The van der Waals surface area contributed by atoms with E-state index >= 15 is 0 Å². The topological polar surface area (TPSA) is 74.3 Å². The average molecular weight is 374 g/mol. The lowest BCUT2D eigenvalue weighted by atomic mass is 10.2. The van der Waals surface area contributed by atoms with Crippen molar-refractivity contribution < 1.29 is 18.4 Å². The molecule has 26 heavy (non-hydrogen) atoms. The summed E-state index contributed by atoms with van der Waals surface area (Å²) in [6.45, 7) is 0. The highest BCUT2D eigenvalue weighted by molar-refractivity contribution is 7.22. The van der Waals surface area contributed by atoms with E-state index < -0.39 is 29.5 Å². The maximum absolute atomic E-state index is 13.4. The van der Waals surface area contributed by atoms with Crippen molar-refractivity contribution in [1.82, 2.24) is 10.4 Å². The monoisotopic (exact) mass is 374 g/mol. The molecule has 2 heterocycles. The van der Waals surface area contributed by atoms with Gasteiger partial charge in [0.25, 0.3) is 5.91 Å². The zero-order valence-corrected chi connectivity index (χ0v) is 14.0. The van der Waals surface area contributed by atoms with Crippen LogP contribution in [0.5, 0.6) is 0 Å². The van der Waals surface area contributed by atoms with Crippen LogP contribution in [0.1, 0.15) is 6.42 Å². The molecule has 9 heteroatoms. The first-order chi connectivity index (χ1) is 12.5. The van der Waals surface area contributed by atoms with E-state index in [0.717, 1.165) is 27.2 Å². The molecular weight excluding hydrogens is 362 g/mol. The van der Waals surface area contributed by atoms with E-state index in [2.05, 4.69) is 15.8 Å². The van der Waals surface area contributed by atoms with Gasteiger partial charge >= 0.3 is 0 Å². The summed E-state index contributed by atoms with van der Waals surface area (Å²) in [5, 5.41) is 0.553. The first-order valence-corrected chi connectivity index (χ1v) is 8.53. The van der Waals surface area contributed by atoms with Crippen LogP contribution in [0, 0.1) is 11.6 Å². The quantitative estimate of drug-likeness (QED) is 0.543. The number of nitrogens with one attached hydrogen (secondary N) is 2. The van der Waals surface area contributed by atoms with Gasteiger partial charge in [0.1, 0.15) is 6.04 Å². The SMILES string of the molecule is O=C1CC(NNc2nc3ccccc3s2)C(=O)N1c1ccc(F)c(F)c1. The van der Waals surface area contributed by atoms with E-state index in [1.807, 2.05) is 24.3 Å². The van der Waals surface area contributed by atoms with Crippen molar-refractivity contribution in [3.8, 4) is 0 Å². The number of hydrogen-bond donors (Lipinski definition) is 2. The van der Waals surface area contributed by atoms with Crippen LogP contribution in [0.25, 0.3) is 10.2 Å². The summed E-state index contributed by atoms with van der Waals surface area (Å²) in [6, 6.07) is 9.63. The molecule has 132 valence electrons. The van der Waals surface area contributed by atoms with Gasteiger partial charge in [0.05, 0.1) is 22.3 Å². The maximum atomic E-state index is 13.4. The number of amides is 2. The van der Waals surface area contributed by atoms with Crippen LogP contribution < -0.4 is 15.8 Å². The number of benzene rings is 2. The van der Waals surface area contributed by atoms with E-state index in [1.165, 1.54) is 17.4 Å². The van der Waals surface area contributed by atoms with Crippen LogP contribution >= 0.6 is 11.3 Å². The number of aromatic nitrogens is 1. The van der Waals surface area contributed by atoms with Crippen LogP contribution in [-0.4, -0.2) is 22.8 Å². The molecule has 1 aromatic heterocycles. The normalized spacial score (nSPS) is 17.3. The molecular formula is C17H12F2N4O2S. The number of para-hydroxylation sites is 1. The van der Waals surface area contributed by atoms with Crippen LogP contribution in [0.2, 0.25) is 0 Å².